The molecule has 1 aromatic rings. The molecule has 18 heavy (non-hydrogen) atoms. The molecule has 0 aromatic heterocycles. The van der Waals surface area contributed by atoms with Gasteiger partial charge >= 0.3 is 0 Å². The van der Waals surface area contributed by atoms with Crippen LogP contribution in [0.3, 0.4) is 0 Å². The maximum Gasteiger partial charge on any atom is 0.242 e. The molecule has 0 spiro atoms. The molecule has 1 N–H and O–H groups in total. The number of benzene rings is 1. The maximum absolute atomic E-state index is 13.2. The third-order valence-electron chi connectivity index (χ3n) is 3.60. The SMILES string of the molecule is O=C1CN(c2cccc(F)c2)CC2CNCCN12. The van der Waals surface area contributed by atoms with Crippen molar-refractivity contribution in [2.24, 2.45) is 0 Å². The Hall–Kier alpha value is -1.62. The van der Waals surface area contributed by atoms with Crippen LogP contribution in [0, 0.1) is 5.82 Å². The van der Waals surface area contributed by atoms with Gasteiger partial charge in [0.1, 0.15) is 5.82 Å². The van der Waals surface area contributed by atoms with Crippen LogP contribution in [0.15, 0.2) is 24.3 Å². The lowest BCUT2D eigenvalue weighted by Gasteiger charge is -2.44. The molecule has 2 saturated heterocycles. The second-order valence-corrected chi connectivity index (χ2v) is 4.81. The minimum atomic E-state index is -0.260. The van der Waals surface area contributed by atoms with Crippen LogP contribution in [0.25, 0.3) is 0 Å². The summed E-state index contributed by atoms with van der Waals surface area (Å²) in [5.41, 5.74) is 0.786. The molecule has 2 fully saturated rings. The van der Waals surface area contributed by atoms with Crippen molar-refractivity contribution in [2.75, 3.05) is 37.6 Å². The maximum atomic E-state index is 13.2. The van der Waals surface area contributed by atoms with E-state index in [0.29, 0.717) is 6.54 Å². The summed E-state index contributed by atoms with van der Waals surface area (Å²) < 4.78 is 13.2. The number of carbonyl (C=O) groups excluding carboxylic acids is 1. The van der Waals surface area contributed by atoms with E-state index < -0.39 is 0 Å². The van der Waals surface area contributed by atoms with Crippen LogP contribution in [0.4, 0.5) is 10.1 Å². The summed E-state index contributed by atoms with van der Waals surface area (Å²) in [5.74, 6) is -0.124. The first-order chi connectivity index (χ1) is 8.74. The Kier molecular flexibility index (Phi) is 2.91. The Labute approximate surface area is 105 Å². The quantitative estimate of drug-likeness (QED) is 0.785. The second-order valence-electron chi connectivity index (χ2n) is 4.81. The van der Waals surface area contributed by atoms with Gasteiger partial charge in [0.05, 0.1) is 12.6 Å². The summed E-state index contributed by atoms with van der Waals surface area (Å²) in [6.07, 6.45) is 0. The zero-order chi connectivity index (χ0) is 12.5. The number of hydrogen-bond donors (Lipinski definition) is 1. The fourth-order valence-corrected chi connectivity index (χ4v) is 2.69. The van der Waals surface area contributed by atoms with E-state index in [2.05, 4.69) is 5.32 Å². The number of nitrogens with zero attached hydrogens (tertiary/aromatic N) is 2. The van der Waals surface area contributed by atoms with Gasteiger partial charge in [0.25, 0.3) is 0 Å². The van der Waals surface area contributed by atoms with Gasteiger partial charge in [-0.25, -0.2) is 4.39 Å². The Morgan fingerprint density at radius 3 is 3.11 bits per heavy atom. The lowest BCUT2D eigenvalue weighted by molar-refractivity contribution is -0.134. The molecule has 0 aliphatic carbocycles. The molecule has 1 unspecified atom stereocenters. The molecular weight excluding hydrogens is 233 g/mol. The third kappa shape index (κ3) is 2.06. The van der Waals surface area contributed by atoms with Crippen molar-refractivity contribution >= 4 is 11.6 Å². The highest BCUT2D eigenvalue weighted by molar-refractivity contribution is 5.83. The number of carbonyl (C=O) groups is 1. The fraction of sp³-hybridized carbons (Fsp3) is 0.462. The standard InChI is InChI=1S/C13H16FN3O/c14-10-2-1-3-11(6-10)16-8-12-7-15-4-5-17(12)13(18)9-16/h1-3,6,12,15H,4-5,7-9H2. The highest BCUT2D eigenvalue weighted by Gasteiger charge is 2.33. The zero-order valence-electron chi connectivity index (χ0n) is 10.1. The van der Waals surface area contributed by atoms with Crippen LogP contribution >= 0.6 is 0 Å². The zero-order valence-corrected chi connectivity index (χ0v) is 10.1. The molecular formula is C13H16FN3O. The Morgan fingerprint density at radius 1 is 1.39 bits per heavy atom. The highest BCUT2D eigenvalue weighted by atomic mass is 19.1. The molecule has 2 aliphatic heterocycles. The normalized spacial score (nSPS) is 24.1. The average Bonchev–Trinajstić information content (AvgIpc) is 2.39. The number of anilines is 1. The van der Waals surface area contributed by atoms with Gasteiger partial charge in [0.2, 0.25) is 5.91 Å². The van der Waals surface area contributed by atoms with Crippen LogP contribution in [-0.4, -0.2) is 49.6 Å². The van der Waals surface area contributed by atoms with Crippen LogP contribution in [0.5, 0.6) is 0 Å². The van der Waals surface area contributed by atoms with Gasteiger partial charge < -0.3 is 15.1 Å². The first-order valence-corrected chi connectivity index (χ1v) is 6.25. The summed E-state index contributed by atoms with van der Waals surface area (Å²) in [4.78, 5) is 16.0. The Bertz CT molecular complexity index is 465. The van der Waals surface area contributed by atoms with Gasteiger partial charge in [-0.3, -0.25) is 4.79 Å². The molecule has 3 rings (SSSR count). The molecule has 96 valence electrons. The molecule has 1 aromatic carbocycles. The van der Waals surface area contributed by atoms with Gasteiger partial charge in [-0.1, -0.05) is 6.07 Å². The van der Waals surface area contributed by atoms with Gasteiger partial charge in [-0.05, 0) is 18.2 Å². The van der Waals surface area contributed by atoms with E-state index in [-0.39, 0.29) is 17.8 Å². The summed E-state index contributed by atoms with van der Waals surface area (Å²) in [5, 5.41) is 3.29. The van der Waals surface area contributed by atoms with Crippen LogP contribution in [0.1, 0.15) is 0 Å². The van der Waals surface area contributed by atoms with Crippen LogP contribution in [-0.2, 0) is 4.79 Å². The van der Waals surface area contributed by atoms with E-state index in [0.717, 1.165) is 31.9 Å². The van der Waals surface area contributed by atoms with Crippen molar-refractivity contribution in [2.45, 2.75) is 6.04 Å². The molecule has 0 saturated carbocycles. The van der Waals surface area contributed by atoms with E-state index in [9.17, 15) is 9.18 Å². The topological polar surface area (TPSA) is 35.6 Å². The number of hydrogen-bond acceptors (Lipinski definition) is 3. The summed E-state index contributed by atoms with van der Waals surface area (Å²) in [7, 11) is 0. The largest absolute Gasteiger partial charge is 0.360 e. The van der Waals surface area contributed by atoms with E-state index in [1.165, 1.54) is 12.1 Å². The molecule has 2 aliphatic rings. The molecule has 4 nitrogen and oxygen atoms in total. The predicted octanol–water partition coefficient (Wildman–Crippen LogP) is 0.446. The predicted molar refractivity (Wildman–Crippen MR) is 67.0 cm³/mol. The van der Waals surface area contributed by atoms with Crippen molar-refractivity contribution in [3.63, 3.8) is 0 Å². The number of halogens is 1. The first-order valence-electron chi connectivity index (χ1n) is 6.25. The first kappa shape index (κ1) is 11.5. The second kappa shape index (κ2) is 4.57. The van der Waals surface area contributed by atoms with Crippen LogP contribution in [0.2, 0.25) is 0 Å². The van der Waals surface area contributed by atoms with E-state index in [4.69, 9.17) is 0 Å². The fourth-order valence-electron chi connectivity index (χ4n) is 2.69. The number of amides is 1. The summed E-state index contributed by atoms with van der Waals surface area (Å²) in [6.45, 7) is 3.57. The monoisotopic (exact) mass is 249 g/mol. The van der Waals surface area contributed by atoms with Crippen molar-refractivity contribution < 1.29 is 9.18 Å². The minimum Gasteiger partial charge on any atom is -0.360 e. The number of rotatable bonds is 1. The Morgan fingerprint density at radius 2 is 2.28 bits per heavy atom. The van der Waals surface area contributed by atoms with E-state index >= 15 is 0 Å². The molecule has 0 bridgehead atoms. The lowest BCUT2D eigenvalue weighted by atomic mass is 10.1. The van der Waals surface area contributed by atoms with Crippen molar-refractivity contribution in [3.05, 3.63) is 30.1 Å². The van der Waals surface area contributed by atoms with E-state index in [1.807, 2.05) is 15.9 Å². The lowest BCUT2D eigenvalue weighted by Crippen LogP contribution is -2.63. The average molecular weight is 249 g/mol. The van der Waals surface area contributed by atoms with Crippen molar-refractivity contribution in [1.29, 1.82) is 0 Å². The summed E-state index contributed by atoms with van der Waals surface area (Å²) in [6, 6.07) is 6.63. The molecule has 5 heteroatoms. The van der Waals surface area contributed by atoms with E-state index in [1.54, 1.807) is 6.07 Å². The molecule has 2 heterocycles. The molecule has 1 amide bonds. The highest BCUT2D eigenvalue weighted by Crippen LogP contribution is 2.21. The number of piperazine rings is 2. The van der Waals surface area contributed by atoms with Crippen molar-refractivity contribution in [1.82, 2.24) is 10.2 Å². The van der Waals surface area contributed by atoms with Crippen molar-refractivity contribution in [3.8, 4) is 0 Å². The molecule has 0 radical (unpaired) electrons. The van der Waals surface area contributed by atoms with Gasteiger partial charge in [0, 0.05) is 31.9 Å². The summed E-state index contributed by atoms with van der Waals surface area (Å²) >= 11 is 0. The number of nitrogens with one attached hydrogen (secondary N) is 1. The Balaban J connectivity index is 1.81. The number of fused-ring (bicyclic) bond motifs is 1. The van der Waals surface area contributed by atoms with Gasteiger partial charge in [-0.2, -0.15) is 0 Å². The van der Waals surface area contributed by atoms with Crippen LogP contribution < -0.4 is 10.2 Å². The molecule has 1 atom stereocenters. The third-order valence-corrected chi connectivity index (χ3v) is 3.60. The van der Waals surface area contributed by atoms with Gasteiger partial charge in [-0.15, -0.1) is 0 Å². The minimum absolute atomic E-state index is 0.136. The van der Waals surface area contributed by atoms with Gasteiger partial charge in [0.15, 0.2) is 0 Å². The smallest absolute Gasteiger partial charge is 0.242 e.